The number of hydrogen-bond acceptors (Lipinski definition) is 22. The molecule has 0 unspecified atom stereocenters. The molecule has 0 aliphatic carbocycles. The number of carbonyl (C=O) groups is 2. The van der Waals surface area contributed by atoms with Gasteiger partial charge in [0.15, 0.2) is 0 Å². The van der Waals surface area contributed by atoms with Crippen molar-refractivity contribution in [1.29, 1.82) is 0 Å². The van der Waals surface area contributed by atoms with Crippen LogP contribution in [0, 0.1) is 0 Å². The van der Waals surface area contributed by atoms with Crippen LogP contribution < -0.4 is 51.5 Å². The van der Waals surface area contributed by atoms with E-state index in [2.05, 4.69) is 162 Å². The molecule has 6 rings (SSSR count). The Morgan fingerprint density at radius 2 is 0.590 bits per heavy atom. The molecule has 0 aromatic carbocycles. The summed E-state index contributed by atoms with van der Waals surface area (Å²) in [5.74, 6) is 1.88. The van der Waals surface area contributed by atoms with E-state index in [9.17, 15) is 9.59 Å². The van der Waals surface area contributed by atoms with Gasteiger partial charge in [-0.05, 0) is 162 Å². The first-order valence-corrected chi connectivity index (χ1v) is 28.5. The maximum atomic E-state index is 13.0. The van der Waals surface area contributed by atoms with Gasteiger partial charge < -0.3 is 70.4 Å². The monoisotopic (exact) mass is 1090 g/mol. The Hall–Kier alpha value is -4.48. The lowest BCUT2D eigenvalue weighted by molar-refractivity contribution is -0.144. The van der Waals surface area contributed by atoms with Crippen molar-refractivity contribution in [2.24, 2.45) is 0 Å². The van der Waals surface area contributed by atoms with Gasteiger partial charge in [0.2, 0.25) is 35.7 Å². The summed E-state index contributed by atoms with van der Waals surface area (Å²) in [6.45, 7) is 36.5. The van der Waals surface area contributed by atoms with E-state index in [1.165, 1.54) is 0 Å². The second-order valence-corrected chi connectivity index (χ2v) is 28.2. The zero-order chi connectivity index (χ0) is 57.9. The van der Waals surface area contributed by atoms with E-state index in [1.807, 2.05) is 28.2 Å². The van der Waals surface area contributed by atoms with Crippen molar-refractivity contribution in [2.45, 2.75) is 231 Å². The lowest BCUT2D eigenvalue weighted by Gasteiger charge is -2.49. The molecule has 4 aliphatic rings. The number of anilines is 6. The average Bonchev–Trinajstić information content (AvgIpc) is 3.30. The summed E-state index contributed by atoms with van der Waals surface area (Å²) in [5, 5.41) is 21.3. The van der Waals surface area contributed by atoms with Gasteiger partial charge in [-0.2, -0.15) is 29.9 Å². The highest BCUT2D eigenvalue weighted by molar-refractivity contribution is 5.75. The molecule has 0 spiro atoms. The van der Waals surface area contributed by atoms with E-state index in [0.717, 1.165) is 51.4 Å². The largest absolute Gasteiger partial charge is 0.462 e. The fourth-order valence-electron chi connectivity index (χ4n) is 13.5. The highest BCUT2D eigenvalue weighted by Gasteiger charge is 2.44. The van der Waals surface area contributed by atoms with Gasteiger partial charge in [0, 0.05) is 96.7 Å². The van der Waals surface area contributed by atoms with Crippen LogP contribution in [-0.2, 0) is 28.5 Å². The summed E-state index contributed by atoms with van der Waals surface area (Å²) >= 11 is 0. The Morgan fingerprint density at radius 3 is 0.808 bits per heavy atom. The zero-order valence-corrected chi connectivity index (χ0v) is 51.5. The Bertz CT molecular complexity index is 2000. The van der Waals surface area contributed by atoms with Crippen LogP contribution in [0.1, 0.15) is 162 Å². The molecule has 442 valence electrons. The molecular weight excluding hydrogens is 993 g/mol. The minimum atomic E-state index is -0.466. The van der Waals surface area contributed by atoms with E-state index in [-0.39, 0.29) is 121 Å². The van der Waals surface area contributed by atoms with Crippen molar-refractivity contribution in [3.8, 4) is 0 Å². The molecule has 6 heterocycles. The first kappa shape index (κ1) is 62.7. The van der Waals surface area contributed by atoms with Gasteiger partial charge in [-0.1, -0.05) is 0 Å². The SMILES string of the molecule is CN(c1nc(NCC(=O)OCCOCCOCCOC(=O)CNc2nc(N(C)C3CC(C)(C)NC(C)(C)C3)nc(N(C)C3CC(C)(C)NC(C)(C)C3)n2)nc(N(C)C2CC(C)(C)NC(C)(C)C2)n1)C1CC(C)(C)NC(C)(C)C1. The first-order chi connectivity index (χ1) is 35.9. The van der Waals surface area contributed by atoms with Crippen LogP contribution in [0.4, 0.5) is 35.7 Å². The minimum Gasteiger partial charge on any atom is -0.462 e. The van der Waals surface area contributed by atoms with Gasteiger partial charge in [0.1, 0.15) is 26.3 Å². The molecule has 4 fully saturated rings. The molecule has 2 aromatic heterocycles. The van der Waals surface area contributed by atoms with Gasteiger partial charge in [-0.25, -0.2) is 0 Å². The van der Waals surface area contributed by atoms with Crippen molar-refractivity contribution < 1.29 is 28.5 Å². The van der Waals surface area contributed by atoms with Crippen LogP contribution in [0.15, 0.2) is 0 Å². The summed E-state index contributed by atoms with van der Waals surface area (Å²) in [6, 6.07) is 0.714. The van der Waals surface area contributed by atoms with E-state index < -0.39 is 11.9 Å². The van der Waals surface area contributed by atoms with Crippen molar-refractivity contribution in [2.75, 3.05) is 111 Å². The van der Waals surface area contributed by atoms with Crippen molar-refractivity contribution in [3.63, 3.8) is 0 Å². The van der Waals surface area contributed by atoms with Crippen molar-refractivity contribution in [3.05, 3.63) is 0 Å². The average molecular weight is 1100 g/mol. The highest BCUT2D eigenvalue weighted by atomic mass is 16.6. The Morgan fingerprint density at radius 1 is 0.385 bits per heavy atom. The molecule has 22 nitrogen and oxygen atoms in total. The molecule has 2 aromatic rings. The third-order valence-corrected chi connectivity index (χ3v) is 15.5. The fourth-order valence-corrected chi connectivity index (χ4v) is 13.5. The fraction of sp³-hybridized carbons (Fsp3) is 0.857. The Kier molecular flexibility index (Phi) is 19.5. The number of carbonyl (C=O) groups excluding carboxylic acids is 2. The van der Waals surface area contributed by atoms with E-state index in [4.69, 9.17) is 48.9 Å². The molecule has 0 atom stereocenters. The maximum absolute atomic E-state index is 13.0. The molecule has 6 N–H and O–H groups in total. The third-order valence-electron chi connectivity index (χ3n) is 15.5. The molecule has 0 amide bonds. The highest BCUT2D eigenvalue weighted by Crippen LogP contribution is 2.38. The molecular formula is C56H102N16O6. The summed E-state index contributed by atoms with van der Waals surface area (Å²) in [7, 11) is 8.19. The van der Waals surface area contributed by atoms with Crippen LogP contribution in [0.3, 0.4) is 0 Å². The molecule has 0 saturated carbocycles. The molecule has 78 heavy (non-hydrogen) atoms. The van der Waals surface area contributed by atoms with Crippen LogP contribution in [0.25, 0.3) is 0 Å². The minimum absolute atomic E-state index is 0.0620. The van der Waals surface area contributed by atoms with Crippen molar-refractivity contribution in [1.82, 2.24) is 51.2 Å². The van der Waals surface area contributed by atoms with Crippen LogP contribution in [0.2, 0.25) is 0 Å². The predicted molar refractivity (Wildman–Crippen MR) is 311 cm³/mol. The quantitative estimate of drug-likeness (QED) is 0.0580. The number of ether oxygens (including phenoxy) is 4. The van der Waals surface area contributed by atoms with E-state index in [0.29, 0.717) is 35.7 Å². The number of hydrogen-bond donors (Lipinski definition) is 6. The number of aromatic nitrogens is 6. The Balaban J connectivity index is 0.942. The number of esters is 2. The smallest absolute Gasteiger partial charge is 0.325 e. The summed E-state index contributed by atoms with van der Waals surface area (Å²) in [6.07, 6.45) is 7.29. The van der Waals surface area contributed by atoms with Crippen molar-refractivity contribution >= 4 is 47.6 Å². The normalized spacial score (nSPS) is 22.5. The van der Waals surface area contributed by atoms with Gasteiger partial charge in [-0.15, -0.1) is 0 Å². The summed E-state index contributed by atoms with van der Waals surface area (Å²) in [4.78, 5) is 64.0. The number of nitrogens with zero attached hydrogens (tertiary/aromatic N) is 10. The van der Waals surface area contributed by atoms with Crippen LogP contribution in [0.5, 0.6) is 0 Å². The number of piperidine rings is 4. The standard InChI is InChI=1S/C56H102N16O6/c1-49(2)27-37(28-50(3,4)65-49)69(17)45-59-43(60-46(63-45)70(18)38-29-51(5,6)66-52(7,8)30-38)57-35-41(73)77-25-23-75-21-22-76-24-26-78-42(74)36-58-44-61-47(71(19)39-31-53(9,10)67-54(11,12)32-39)64-48(62-44)72(20)40-33-55(13,14)68-56(15,16)34-40/h37-40,65-68H,21-36H2,1-20H3,(H,57,59,60,63)(H,58,61,62,64). The molecule has 0 bridgehead atoms. The molecule has 0 radical (unpaired) electrons. The molecule has 22 heteroatoms. The van der Waals surface area contributed by atoms with E-state index in [1.54, 1.807) is 0 Å². The maximum Gasteiger partial charge on any atom is 0.325 e. The van der Waals surface area contributed by atoms with Gasteiger partial charge >= 0.3 is 11.9 Å². The second-order valence-electron chi connectivity index (χ2n) is 28.2. The lowest BCUT2D eigenvalue weighted by atomic mass is 9.79. The third kappa shape index (κ3) is 18.5. The molecule has 4 aliphatic heterocycles. The number of nitrogens with one attached hydrogen (secondary N) is 6. The Labute approximate surface area is 467 Å². The predicted octanol–water partition coefficient (Wildman–Crippen LogP) is 5.68. The second kappa shape index (κ2) is 24.3. The zero-order valence-electron chi connectivity index (χ0n) is 51.5. The lowest BCUT2D eigenvalue weighted by Crippen LogP contribution is -2.62. The van der Waals surface area contributed by atoms with E-state index >= 15 is 0 Å². The summed E-state index contributed by atoms with van der Waals surface area (Å²) < 4.78 is 22.3. The summed E-state index contributed by atoms with van der Waals surface area (Å²) in [5.41, 5.74) is -0.598. The number of rotatable bonds is 23. The van der Waals surface area contributed by atoms with Gasteiger partial charge in [-0.3, -0.25) is 9.59 Å². The van der Waals surface area contributed by atoms with Crippen LogP contribution in [-0.4, -0.2) is 191 Å². The molecule has 4 saturated heterocycles. The topological polar surface area (TPSA) is 234 Å². The first-order valence-electron chi connectivity index (χ1n) is 28.5. The van der Waals surface area contributed by atoms with Crippen LogP contribution >= 0.6 is 0 Å². The van der Waals surface area contributed by atoms with Gasteiger partial charge in [0.25, 0.3) is 0 Å². The van der Waals surface area contributed by atoms with Gasteiger partial charge in [0.05, 0.1) is 26.4 Å².